The molecule has 0 aliphatic heterocycles. The zero-order chi connectivity index (χ0) is 21.0. The molecule has 0 aliphatic rings. The summed E-state index contributed by atoms with van der Waals surface area (Å²) in [5, 5.41) is 9.33. The molecule has 148 valence electrons. The van der Waals surface area contributed by atoms with Gasteiger partial charge in [-0.2, -0.15) is 0 Å². The van der Waals surface area contributed by atoms with E-state index >= 15 is 0 Å². The van der Waals surface area contributed by atoms with Crippen molar-refractivity contribution in [3.05, 3.63) is 95.3 Å². The number of carboxylic acid groups (broad SMARTS) is 1. The fourth-order valence-electron chi connectivity index (χ4n) is 3.20. The Morgan fingerprint density at radius 3 is 2.59 bits per heavy atom. The monoisotopic (exact) mass is 388 g/mol. The predicted molar refractivity (Wildman–Crippen MR) is 115 cm³/mol. The molecule has 0 saturated heterocycles. The number of pyridine rings is 1. The summed E-state index contributed by atoms with van der Waals surface area (Å²) in [7, 11) is 1.66. The van der Waals surface area contributed by atoms with Crippen LogP contribution in [0.25, 0.3) is 5.70 Å². The number of aromatic carboxylic acids is 1. The third-order valence-electron chi connectivity index (χ3n) is 4.81. The maximum Gasteiger partial charge on any atom is 0.335 e. The molecule has 1 N–H and O–H groups in total. The molecule has 0 bridgehead atoms. The van der Waals surface area contributed by atoms with Gasteiger partial charge in [-0.15, -0.1) is 0 Å². The van der Waals surface area contributed by atoms with Gasteiger partial charge in [0.05, 0.1) is 30.6 Å². The fourth-order valence-corrected chi connectivity index (χ4v) is 3.20. The quantitative estimate of drug-likeness (QED) is 0.611. The van der Waals surface area contributed by atoms with Crippen LogP contribution in [0.3, 0.4) is 0 Å². The largest absolute Gasteiger partial charge is 0.496 e. The van der Waals surface area contributed by atoms with Crippen LogP contribution < -0.4 is 9.64 Å². The summed E-state index contributed by atoms with van der Waals surface area (Å²) in [5.41, 5.74) is 5.47. The third kappa shape index (κ3) is 4.46. The van der Waals surface area contributed by atoms with Gasteiger partial charge in [-0.1, -0.05) is 36.9 Å². The molecule has 2 aromatic carbocycles. The van der Waals surface area contributed by atoms with E-state index in [2.05, 4.69) is 11.6 Å². The number of aromatic nitrogens is 1. The number of para-hydroxylation sites is 1. The van der Waals surface area contributed by atoms with Crippen molar-refractivity contribution in [1.82, 2.24) is 4.98 Å². The number of hydrogen-bond acceptors (Lipinski definition) is 4. The van der Waals surface area contributed by atoms with Gasteiger partial charge in [0.2, 0.25) is 0 Å². The number of carbonyl (C=O) groups is 1. The van der Waals surface area contributed by atoms with Gasteiger partial charge in [0, 0.05) is 17.4 Å². The first-order valence-electron chi connectivity index (χ1n) is 9.26. The van der Waals surface area contributed by atoms with Gasteiger partial charge < -0.3 is 14.7 Å². The molecule has 0 amide bonds. The number of ether oxygens (including phenoxy) is 1. The zero-order valence-electron chi connectivity index (χ0n) is 16.8. The van der Waals surface area contributed by atoms with Gasteiger partial charge in [0.15, 0.2) is 0 Å². The summed E-state index contributed by atoms with van der Waals surface area (Å²) in [6, 6.07) is 17.1. The van der Waals surface area contributed by atoms with Crippen LogP contribution >= 0.6 is 0 Å². The summed E-state index contributed by atoms with van der Waals surface area (Å²) >= 11 is 0. The summed E-state index contributed by atoms with van der Waals surface area (Å²) in [6.45, 7) is 8.80. The first-order chi connectivity index (χ1) is 13.9. The second kappa shape index (κ2) is 8.61. The Kier molecular flexibility index (Phi) is 5.98. The standard InChI is InChI=1S/C24H24N2O3/c1-16-9-10-20(23(13-16)29-4)15-26(22-8-6-5-7-17(22)2)18(3)21-14-19(24(27)28)11-12-25-21/h5-14H,3,15H2,1-2,4H3,(H,27,28). The summed E-state index contributed by atoms with van der Waals surface area (Å²) in [6.07, 6.45) is 1.49. The minimum atomic E-state index is -0.996. The number of methoxy groups -OCH3 is 1. The molecule has 0 spiro atoms. The molecule has 0 radical (unpaired) electrons. The number of aryl methyl sites for hydroxylation is 2. The Bertz CT molecular complexity index is 1060. The van der Waals surface area contributed by atoms with Crippen molar-refractivity contribution in [2.24, 2.45) is 0 Å². The molecule has 5 nitrogen and oxygen atoms in total. The second-order valence-corrected chi connectivity index (χ2v) is 6.87. The van der Waals surface area contributed by atoms with Gasteiger partial charge in [-0.3, -0.25) is 4.98 Å². The van der Waals surface area contributed by atoms with E-state index in [1.807, 2.05) is 61.2 Å². The lowest BCUT2D eigenvalue weighted by Crippen LogP contribution is -2.22. The molecule has 1 heterocycles. The number of benzene rings is 2. The molecule has 0 unspecified atom stereocenters. The van der Waals surface area contributed by atoms with E-state index in [0.29, 0.717) is 17.9 Å². The average Bonchev–Trinajstić information content (AvgIpc) is 2.73. The van der Waals surface area contributed by atoms with E-state index in [1.165, 1.54) is 12.3 Å². The van der Waals surface area contributed by atoms with Crippen LogP contribution in [0.15, 0.2) is 67.4 Å². The Hall–Kier alpha value is -3.60. The Balaban J connectivity index is 2.07. The van der Waals surface area contributed by atoms with Crippen molar-refractivity contribution >= 4 is 17.4 Å². The van der Waals surface area contributed by atoms with Crippen molar-refractivity contribution in [3.8, 4) is 5.75 Å². The molecule has 0 atom stereocenters. The third-order valence-corrected chi connectivity index (χ3v) is 4.81. The lowest BCUT2D eigenvalue weighted by atomic mass is 10.1. The maximum atomic E-state index is 11.4. The van der Waals surface area contributed by atoms with Crippen molar-refractivity contribution in [3.63, 3.8) is 0 Å². The van der Waals surface area contributed by atoms with Gasteiger partial charge in [-0.25, -0.2) is 4.79 Å². The molecule has 0 fully saturated rings. The molecule has 1 aromatic heterocycles. The summed E-state index contributed by atoms with van der Waals surface area (Å²) in [5.74, 6) is -0.201. The highest BCUT2D eigenvalue weighted by molar-refractivity contribution is 5.89. The van der Waals surface area contributed by atoms with Gasteiger partial charge in [0.25, 0.3) is 0 Å². The number of carboxylic acids is 1. The smallest absolute Gasteiger partial charge is 0.335 e. The van der Waals surface area contributed by atoms with Crippen LogP contribution in [0, 0.1) is 13.8 Å². The lowest BCUT2D eigenvalue weighted by Gasteiger charge is -2.29. The molecule has 5 heteroatoms. The molecule has 0 aliphatic carbocycles. The zero-order valence-corrected chi connectivity index (χ0v) is 16.8. The highest BCUT2D eigenvalue weighted by Crippen LogP contribution is 2.32. The van der Waals surface area contributed by atoms with E-state index in [4.69, 9.17) is 4.74 Å². The minimum Gasteiger partial charge on any atom is -0.496 e. The maximum absolute atomic E-state index is 11.4. The Morgan fingerprint density at radius 2 is 1.90 bits per heavy atom. The second-order valence-electron chi connectivity index (χ2n) is 6.87. The highest BCUT2D eigenvalue weighted by Gasteiger charge is 2.18. The summed E-state index contributed by atoms with van der Waals surface area (Å²) in [4.78, 5) is 17.8. The van der Waals surface area contributed by atoms with Gasteiger partial charge in [0.1, 0.15) is 5.75 Å². The van der Waals surface area contributed by atoms with Crippen molar-refractivity contribution in [2.45, 2.75) is 20.4 Å². The number of nitrogens with zero attached hydrogens (tertiary/aromatic N) is 2. The van der Waals surface area contributed by atoms with Crippen LogP contribution in [0.2, 0.25) is 0 Å². The molecular weight excluding hydrogens is 364 g/mol. The number of rotatable bonds is 7. The molecule has 29 heavy (non-hydrogen) atoms. The van der Waals surface area contributed by atoms with Gasteiger partial charge in [-0.05, 0) is 49.2 Å². The topological polar surface area (TPSA) is 62.7 Å². The van der Waals surface area contributed by atoms with Crippen LogP contribution in [0.5, 0.6) is 5.75 Å². The van der Waals surface area contributed by atoms with Crippen LogP contribution in [0.4, 0.5) is 5.69 Å². The fraction of sp³-hybridized carbons (Fsp3) is 0.167. The molecular formula is C24H24N2O3. The van der Waals surface area contributed by atoms with Gasteiger partial charge >= 0.3 is 5.97 Å². The number of hydrogen-bond donors (Lipinski definition) is 1. The average molecular weight is 388 g/mol. The first-order valence-corrected chi connectivity index (χ1v) is 9.26. The molecule has 3 aromatic rings. The normalized spacial score (nSPS) is 10.4. The van der Waals surface area contributed by atoms with Crippen molar-refractivity contribution in [1.29, 1.82) is 0 Å². The van der Waals surface area contributed by atoms with Crippen LogP contribution in [-0.2, 0) is 6.54 Å². The molecule has 3 rings (SSSR count). The number of anilines is 1. The SMILES string of the molecule is C=C(c1cc(C(=O)O)ccn1)N(Cc1ccc(C)cc1OC)c1ccccc1C. The lowest BCUT2D eigenvalue weighted by molar-refractivity contribution is 0.0696. The van der Waals surface area contributed by atoms with Crippen LogP contribution in [0.1, 0.15) is 32.7 Å². The Labute approximate surface area is 170 Å². The van der Waals surface area contributed by atoms with E-state index in [0.717, 1.165) is 28.1 Å². The van der Waals surface area contributed by atoms with E-state index in [1.54, 1.807) is 13.2 Å². The Morgan fingerprint density at radius 1 is 1.14 bits per heavy atom. The first kappa shape index (κ1) is 20.1. The predicted octanol–water partition coefficient (Wildman–Crippen LogP) is 5.08. The minimum absolute atomic E-state index is 0.175. The summed E-state index contributed by atoms with van der Waals surface area (Å²) < 4.78 is 5.58. The van der Waals surface area contributed by atoms with E-state index < -0.39 is 5.97 Å². The van der Waals surface area contributed by atoms with E-state index in [-0.39, 0.29) is 5.56 Å². The van der Waals surface area contributed by atoms with E-state index in [9.17, 15) is 9.90 Å². The highest BCUT2D eigenvalue weighted by atomic mass is 16.5. The van der Waals surface area contributed by atoms with Crippen molar-refractivity contribution in [2.75, 3.05) is 12.0 Å². The van der Waals surface area contributed by atoms with Crippen molar-refractivity contribution < 1.29 is 14.6 Å². The molecule has 0 saturated carbocycles. The van der Waals surface area contributed by atoms with Crippen LogP contribution in [-0.4, -0.2) is 23.2 Å².